The van der Waals surface area contributed by atoms with E-state index in [1.54, 1.807) is 0 Å². The molecule has 0 bridgehead atoms. The minimum Gasteiger partial charge on any atom is -0.378 e. The largest absolute Gasteiger partial charge is 0.378 e. The van der Waals surface area contributed by atoms with E-state index < -0.39 is 0 Å². The van der Waals surface area contributed by atoms with Crippen molar-refractivity contribution < 1.29 is 0 Å². The van der Waals surface area contributed by atoms with Gasteiger partial charge in [0.2, 0.25) is 0 Å². The smallest absolute Gasteiger partial charge is 0.0448 e. The lowest BCUT2D eigenvalue weighted by Crippen LogP contribution is -2.22. The first-order chi connectivity index (χ1) is 6.59. The van der Waals surface area contributed by atoms with Crippen LogP contribution >= 0.6 is 0 Å². The molecular weight excluding hydrogens is 170 g/mol. The van der Waals surface area contributed by atoms with Crippen molar-refractivity contribution in [2.45, 2.75) is 33.7 Å². The highest BCUT2D eigenvalue weighted by Gasteiger charge is 2.17. The molecular formula is C13H17N. The SMILES string of the molecule is CC1=C(C)C(C)Nc2cc(C)ccc21. The lowest BCUT2D eigenvalue weighted by atomic mass is 9.92. The summed E-state index contributed by atoms with van der Waals surface area (Å²) >= 11 is 0. The van der Waals surface area contributed by atoms with E-state index in [0.717, 1.165) is 0 Å². The molecule has 1 atom stereocenters. The summed E-state index contributed by atoms with van der Waals surface area (Å²) in [7, 11) is 0. The Morgan fingerprint density at radius 3 is 2.57 bits per heavy atom. The summed E-state index contributed by atoms with van der Waals surface area (Å²) in [4.78, 5) is 0. The maximum atomic E-state index is 3.52. The van der Waals surface area contributed by atoms with E-state index in [0.29, 0.717) is 6.04 Å². The van der Waals surface area contributed by atoms with Crippen molar-refractivity contribution in [3.05, 3.63) is 34.9 Å². The molecule has 1 heterocycles. The number of fused-ring (bicyclic) bond motifs is 1. The average Bonchev–Trinajstić information content (AvgIpc) is 2.14. The third-order valence-corrected chi connectivity index (χ3v) is 3.19. The minimum absolute atomic E-state index is 0.462. The predicted octanol–water partition coefficient (Wildman–Crippen LogP) is 3.60. The van der Waals surface area contributed by atoms with Crippen molar-refractivity contribution in [2.75, 3.05) is 5.32 Å². The van der Waals surface area contributed by atoms with Crippen LogP contribution in [0.3, 0.4) is 0 Å². The zero-order valence-corrected chi connectivity index (χ0v) is 9.31. The van der Waals surface area contributed by atoms with Gasteiger partial charge in [0.25, 0.3) is 0 Å². The summed E-state index contributed by atoms with van der Waals surface area (Å²) in [6.07, 6.45) is 0. The van der Waals surface area contributed by atoms with Gasteiger partial charge in [-0.25, -0.2) is 0 Å². The fraction of sp³-hybridized carbons (Fsp3) is 0.385. The van der Waals surface area contributed by atoms with Gasteiger partial charge in [0.1, 0.15) is 0 Å². The van der Waals surface area contributed by atoms with Crippen LogP contribution in [0.2, 0.25) is 0 Å². The molecule has 74 valence electrons. The quantitative estimate of drug-likeness (QED) is 0.654. The van der Waals surface area contributed by atoms with Crippen LogP contribution in [-0.2, 0) is 0 Å². The van der Waals surface area contributed by atoms with Gasteiger partial charge >= 0.3 is 0 Å². The van der Waals surface area contributed by atoms with Crippen LogP contribution in [0.5, 0.6) is 0 Å². The van der Waals surface area contributed by atoms with E-state index in [1.807, 2.05) is 0 Å². The van der Waals surface area contributed by atoms with Crippen LogP contribution in [0.4, 0.5) is 5.69 Å². The molecule has 2 rings (SSSR count). The lowest BCUT2D eigenvalue weighted by molar-refractivity contribution is 0.911. The topological polar surface area (TPSA) is 12.0 Å². The van der Waals surface area contributed by atoms with Gasteiger partial charge in [-0.1, -0.05) is 12.1 Å². The maximum Gasteiger partial charge on any atom is 0.0448 e. The van der Waals surface area contributed by atoms with E-state index in [9.17, 15) is 0 Å². The summed E-state index contributed by atoms with van der Waals surface area (Å²) in [5, 5.41) is 3.52. The van der Waals surface area contributed by atoms with Gasteiger partial charge in [-0.3, -0.25) is 0 Å². The number of benzene rings is 1. The maximum absolute atomic E-state index is 3.52. The molecule has 1 aromatic rings. The molecule has 1 aromatic carbocycles. The first-order valence-electron chi connectivity index (χ1n) is 5.14. The molecule has 1 aliphatic heterocycles. The molecule has 0 aliphatic carbocycles. The van der Waals surface area contributed by atoms with Crippen LogP contribution in [0.15, 0.2) is 23.8 Å². The van der Waals surface area contributed by atoms with Crippen molar-refractivity contribution in [3.8, 4) is 0 Å². The number of hydrogen-bond donors (Lipinski definition) is 1. The molecule has 0 spiro atoms. The summed E-state index contributed by atoms with van der Waals surface area (Å²) in [5.41, 5.74) is 6.82. The molecule has 0 fully saturated rings. The Morgan fingerprint density at radius 1 is 1.14 bits per heavy atom. The number of rotatable bonds is 0. The minimum atomic E-state index is 0.462. The normalized spacial score (nSPS) is 20.4. The Labute approximate surface area is 85.8 Å². The van der Waals surface area contributed by atoms with Crippen molar-refractivity contribution in [1.29, 1.82) is 0 Å². The second kappa shape index (κ2) is 3.16. The summed E-state index contributed by atoms with van der Waals surface area (Å²) in [6.45, 7) is 8.76. The van der Waals surface area contributed by atoms with E-state index >= 15 is 0 Å². The van der Waals surface area contributed by atoms with Crippen molar-refractivity contribution >= 4 is 11.3 Å². The van der Waals surface area contributed by atoms with Gasteiger partial charge in [-0.15, -0.1) is 0 Å². The third-order valence-electron chi connectivity index (χ3n) is 3.19. The molecule has 0 radical (unpaired) electrons. The number of allylic oxidation sites excluding steroid dienone is 1. The molecule has 1 N–H and O–H groups in total. The van der Waals surface area contributed by atoms with Gasteiger partial charge in [0.05, 0.1) is 0 Å². The number of nitrogens with one attached hydrogen (secondary N) is 1. The number of aryl methyl sites for hydroxylation is 1. The second-order valence-corrected chi connectivity index (χ2v) is 4.22. The van der Waals surface area contributed by atoms with Crippen molar-refractivity contribution in [2.24, 2.45) is 0 Å². The van der Waals surface area contributed by atoms with E-state index in [1.165, 1.54) is 28.0 Å². The van der Waals surface area contributed by atoms with Crippen LogP contribution in [0.1, 0.15) is 31.9 Å². The molecule has 0 amide bonds. The Bertz CT molecular complexity index is 402. The van der Waals surface area contributed by atoms with Gasteiger partial charge in [-0.2, -0.15) is 0 Å². The standard InChI is InChI=1S/C13H17N/c1-8-5-6-12-10(3)9(2)11(4)14-13(12)7-8/h5-7,11,14H,1-4H3. The van der Waals surface area contributed by atoms with Crippen molar-refractivity contribution in [1.82, 2.24) is 0 Å². The summed E-state index contributed by atoms with van der Waals surface area (Å²) in [6, 6.07) is 7.07. The molecule has 0 aromatic heterocycles. The molecule has 1 aliphatic rings. The highest BCUT2D eigenvalue weighted by molar-refractivity contribution is 5.81. The van der Waals surface area contributed by atoms with Crippen LogP contribution < -0.4 is 5.32 Å². The Hall–Kier alpha value is -1.24. The van der Waals surface area contributed by atoms with E-state index in [-0.39, 0.29) is 0 Å². The predicted molar refractivity (Wildman–Crippen MR) is 62.5 cm³/mol. The summed E-state index contributed by atoms with van der Waals surface area (Å²) in [5.74, 6) is 0. The van der Waals surface area contributed by atoms with Crippen LogP contribution in [0.25, 0.3) is 5.57 Å². The Balaban J connectivity index is 2.59. The fourth-order valence-electron chi connectivity index (χ4n) is 1.98. The second-order valence-electron chi connectivity index (χ2n) is 4.22. The van der Waals surface area contributed by atoms with E-state index in [2.05, 4.69) is 51.2 Å². The molecule has 14 heavy (non-hydrogen) atoms. The van der Waals surface area contributed by atoms with Gasteiger partial charge in [-0.05, 0) is 50.5 Å². The van der Waals surface area contributed by atoms with Gasteiger partial charge < -0.3 is 5.32 Å². The van der Waals surface area contributed by atoms with Crippen LogP contribution in [0, 0.1) is 6.92 Å². The summed E-state index contributed by atoms with van der Waals surface area (Å²) < 4.78 is 0. The number of anilines is 1. The Morgan fingerprint density at radius 2 is 1.86 bits per heavy atom. The third kappa shape index (κ3) is 1.33. The first-order valence-corrected chi connectivity index (χ1v) is 5.14. The monoisotopic (exact) mass is 187 g/mol. The molecule has 0 saturated carbocycles. The Kier molecular flexibility index (Phi) is 2.10. The first kappa shape index (κ1) is 9.32. The molecule has 1 nitrogen and oxygen atoms in total. The lowest BCUT2D eigenvalue weighted by Gasteiger charge is -2.27. The van der Waals surface area contributed by atoms with E-state index in [4.69, 9.17) is 0 Å². The molecule has 0 saturated heterocycles. The zero-order chi connectivity index (χ0) is 10.3. The molecule has 1 heteroatoms. The highest BCUT2D eigenvalue weighted by Crippen LogP contribution is 2.33. The molecule has 1 unspecified atom stereocenters. The van der Waals surface area contributed by atoms with Gasteiger partial charge in [0, 0.05) is 17.3 Å². The number of hydrogen-bond acceptors (Lipinski definition) is 1. The zero-order valence-electron chi connectivity index (χ0n) is 9.31. The fourth-order valence-corrected chi connectivity index (χ4v) is 1.98. The van der Waals surface area contributed by atoms with Crippen molar-refractivity contribution in [3.63, 3.8) is 0 Å². The van der Waals surface area contributed by atoms with Gasteiger partial charge in [0.15, 0.2) is 0 Å². The van der Waals surface area contributed by atoms with Crippen LogP contribution in [-0.4, -0.2) is 6.04 Å². The average molecular weight is 187 g/mol. The highest BCUT2D eigenvalue weighted by atomic mass is 14.9.